The summed E-state index contributed by atoms with van der Waals surface area (Å²) in [6.07, 6.45) is 9.07. The van der Waals surface area contributed by atoms with Gasteiger partial charge in [0.05, 0.1) is 27.5 Å². The van der Waals surface area contributed by atoms with Gasteiger partial charge in [-0.1, -0.05) is 12.1 Å². The lowest BCUT2D eigenvalue weighted by Crippen LogP contribution is -2.51. The topological polar surface area (TPSA) is 71.3 Å². The molecule has 2 bridgehead atoms. The van der Waals surface area contributed by atoms with Crippen LogP contribution in [0.25, 0.3) is 32.8 Å². The van der Waals surface area contributed by atoms with Crippen LogP contribution in [-0.2, 0) is 6.54 Å². The van der Waals surface area contributed by atoms with Crippen molar-refractivity contribution >= 4 is 38.7 Å². The largest absolute Gasteiger partial charge is 0.461 e. The molecule has 8 rings (SSSR count). The molecule has 4 aliphatic rings. The van der Waals surface area contributed by atoms with E-state index < -0.39 is 0 Å². The van der Waals surface area contributed by atoms with E-state index in [0.29, 0.717) is 36.8 Å². The fourth-order valence-electron chi connectivity index (χ4n) is 7.84. The SMILES string of the molecule is CCn1c2c(F)cccc2c2ncc3c(N4CC5CCC(C4)N5)nc(OCC45CCCN4CCC5)nc3c21. The molecule has 4 fully saturated rings. The molecule has 1 aromatic carbocycles. The van der Waals surface area contributed by atoms with E-state index in [2.05, 4.69) is 15.1 Å². The van der Waals surface area contributed by atoms with E-state index in [-0.39, 0.29) is 11.4 Å². The number of nitrogens with one attached hydrogen (secondary N) is 1. The van der Waals surface area contributed by atoms with Gasteiger partial charge in [-0.15, -0.1) is 0 Å². The van der Waals surface area contributed by atoms with Gasteiger partial charge in [-0.3, -0.25) is 9.88 Å². The molecule has 0 radical (unpaired) electrons. The highest BCUT2D eigenvalue weighted by molar-refractivity contribution is 6.15. The average Bonchev–Trinajstić information content (AvgIpc) is 3.68. The zero-order chi connectivity index (χ0) is 25.4. The Kier molecular flexibility index (Phi) is 5.11. The normalized spacial score (nSPS) is 24.7. The quantitative estimate of drug-likeness (QED) is 0.426. The van der Waals surface area contributed by atoms with Crippen molar-refractivity contribution in [1.82, 2.24) is 29.7 Å². The van der Waals surface area contributed by atoms with Gasteiger partial charge in [-0.25, -0.2) is 4.39 Å². The van der Waals surface area contributed by atoms with Crippen molar-refractivity contribution in [2.24, 2.45) is 0 Å². The molecule has 9 heteroatoms. The number of hydrogen-bond donors (Lipinski definition) is 1. The Balaban J connectivity index is 1.32. The Morgan fingerprint density at radius 3 is 2.58 bits per heavy atom. The maximum atomic E-state index is 15.1. The molecular weight excluding hydrogens is 481 g/mol. The van der Waals surface area contributed by atoms with Crippen LogP contribution in [0.5, 0.6) is 6.01 Å². The van der Waals surface area contributed by atoms with Gasteiger partial charge in [-0.2, -0.15) is 9.97 Å². The second kappa shape index (κ2) is 8.48. The molecule has 8 nitrogen and oxygen atoms in total. The summed E-state index contributed by atoms with van der Waals surface area (Å²) in [6, 6.07) is 6.60. The van der Waals surface area contributed by atoms with E-state index in [0.717, 1.165) is 59.3 Å². The second-order valence-corrected chi connectivity index (χ2v) is 11.7. The number of halogens is 1. The highest BCUT2D eigenvalue weighted by Gasteiger charge is 2.45. The van der Waals surface area contributed by atoms with Crippen LogP contribution in [0.15, 0.2) is 24.4 Å². The van der Waals surface area contributed by atoms with E-state index in [4.69, 9.17) is 19.7 Å². The van der Waals surface area contributed by atoms with Gasteiger partial charge in [0.15, 0.2) is 0 Å². The smallest absolute Gasteiger partial charge is 0.319 e. The minimum atomic E-state index is -0.235. The number of nitrogens with zero attached hydrogens (tertiary/aromatic N) is 6. The van der Waals surface area contributed by atoms with Crippen LogP contribution >= 0.6 is 0 Å². The van der Waals surface area contributed by atoms with Crippen molar-refractivity contribution < 1.29 is 9.13 Å². The Hall–Kier alpha value is -3.04. The van der Waals surface area contributed by atoms with Gasteiger partial charge >= 0.3 is 6.01 Å². The lowest BCUT2D eigenvalue weighted by molar-refractivity contribution is 0.108. The van der Waals surface area contributed by atoms with Crippen molar-refractivity contribution in [3.8, 4) is 6.01 Å². The maximum Gasteiger partial charge on any atom is 0.319 e. The van der Waals surface area contributed by atoms with Crippen LogP contribution in [-0.4, -0.2) is 74.8 Å². The predicted molar refractivity (Wildman–Crippen MR) is 146 cm³/mol. The number of aromatic nitrogens is 4. The third-order valence-corrected chi connectivity index (χ3v) is 9.57. The molecule has 0 amide bonds. The Morgan fingerprint density at radius 1 is 1.03 bits per heavy atom. The van der Waals surface area contributed by atoms with Crippen molar-refractivity contribution in [3.05, 3.63) is 30.2 Å². The zero-order valence-corrected chi connectivity index (χ0v) is 21.9. The highest BCUT2D eigenvalue weighted by atomic mass is 19.1. The minimum absolute atomic E-state index is 0.113. The molecule has 0 aliphatic carbocycles. The molecule has 0 spiro atoms. The third kappa shape index (κ3) is 3.30. The highest BCUT2D eigenvalue weighted by Crippen LogP contribution is 2.40. The summed E-state index contributed by atoms with van der Waals surface area (Å²) in [5.74, 6) is 0.653. The van der Waals surface area contributed by atoms with Gasteiger partial charge in [0.2, 0.25) is 0 Å². The molecule has 198 valence electrons. The predicted octanol–water partition coefficient (Wildman–Crippen LogP) is 4.24. The molecule has 38 heavy (non-hydrogen) atoms. The molecule has 2 atom stereocenters. The lowest BCUT2D eigenvalue weighted by atomic mass is 9.95. The van der Waals surface area contributed by atoms with Crippen LogP contribution < -0.4 is 15.0 Å². The van der Waals surface area contributed by atoms with E-state index >= 15 is 4.39 Å². The number of aryl methyl sites for hydroxylation is 1. The summed E-state index contributed by atoms with van der Waals surface area (Å²) in [4.78, 5) is 20.0. The summed E-state index contributed by atoms with van der Waals surface area (Å²) in [7, 11) is 0. The molecule has 7 heterocycles. The number of piperazine rings is 1. The van der Waals surface area contributed by atoms with Crippen LogP contribution in [0.3, 0.4) is 0 Å². The van der Waals surface area contributed by atoms with Crippen molar-refractivity contribution in [2.45, 2.75) is 69.6 Å². The first-order chi connectivity index (χ1) is 18.6. The summed E-state index contributed by atoms with van der Waals surface area (Å²) in [5.41, 5.74) is 3.13. The van der Waals surface area contributed by atoms with Crippen LogP contribution in [0, 0.1) is 5.82 Å². The molecule has 4 aromatic rings. The molecule has 0 saturated carbocycles. The number of ether oxygens (including phenoxy) is 1. The number of benzene rings is 1. The van der Waals surface area contributed by atoms with Crippen molar-refractivity contribution in [1.29, 1.82) is 0 Å². The minimum Gasteiger partial charge on any atom is -0.461 e. The van der Waals surface area contributed by atoms with Crippen LogP contribution in [0.2, 0.25) is 0 Å². The molecule has 4 saturated heterocycles. The number of rotatable bonds is 5. The first-order valence-electron chi connectivity index (χ1n) is 14.3. The standard InChI is InChI=1S/C29H34FN7O/c1-2-37-25-20(6-3-7-22(25)30)23-26(37)24-21(14-31-23)27(35-15-18-8-9-19(16-35)32-18)34-28(33-24)38-17-29-10-4-12-36(29)13-5-11-29/h3,6-7,14,18-19,32H,2,4-5,8-13,15-17H2,1H3. The van der Waals surface area contributed by atoms with E-state index in [1.54, 1.807) is 6.07 Å². The van der Waals surface area contributed by atoms with Crippen LogP contribution in [0.1, 0.15) is 45.4 Å². The van der Waals surface area contributed by atoms with E-state index in [1.807, 2.05) is 23.8 Å². The van der Waals surface area contributed by atoms with Gasteiger partial charge in [0.25, 0.3) is 0 Å². The lowest BCUT2D eigenvalue weighted by Gasteiger charge is -2.34. The van der Waals surface area contributed by atoms with Gasteiger partial charge in [0, 0.05) is 43.3 Å². The maximum absolute atomic E-state index is 15.1. The average molecular weight is 516 g/mol. The van der Waals surface area contributed by atoms with Gasteiger partial charge in [-0.05, 0) is 64.6 Å². The first kappa shape index (κ1) is 22.9. The molecule has 1 N–H and O–H groups in total. The van der Waals surface area contributed by atoms with Crippen molar-refractivity contribution in [2.75, 3.05) is 37.7 Å². The van der Waals surface area contributed by atoms with E-state index in [1.165, 1.54) is 44.6 Å². The first-order valence-corrected chi connectivity index (χ1v) is 14.3. The molecule has 4 aliphatic heterocycles. The number of para-hydroxylation sites is 1. The summed E-state index contributed by atoms with van der Waals surface area (Å²) in [6.45, 7) is 7.41. The Morgan fingerprint density at radius 2 is 1.82 bits per heavy atom. The second-order valence-electron chi connectivity index (χ2n) is 11.7. The van der Waals surface area contributed by atoms with E-state index in [9.17, 15) is 0 Å². The number of hydrogen-bond acceptors (Lipinski definition) is 7. The molecular formula is C29H34FN7O. The van der Waals surface area contributed by atoms with Crippen LogP contribution in [0.4, 0.5) is 10.2 Å². The molecule has 2 unspecified atom stereocenters. The molecule has 3 aromatic heterocycles. The fourth-order valence-corrected chi connectivity index (χ4v) is 7.84. The number of anilines is 1. The Labute approximate surface area is 221 Å². The van der Waals surface area contributed by atoms with Crippen molar-refractivity contribution in [3.63, 3.8) is 0 Å². The summed E-state index contributed by atoms with van der Waals surface area (Å²) >= 11 is 0. The monoisotopic (exact) mass is 515 g/mol. The number of pyridine rings is 1. The fraction of sp³-hybridized carbons (Fsp3) is 0.552. The third-order valence-electron chi connectivity index (χ3n) is 9.57. The Bertz CT molecular complexity index is 1550. The van der Waals surface area contributed by atoms with Gasteiger partial charge < -0.3 is 19.5 Å². The van der Waals surface area contributed by atoms with Gasteiger partial charge in [0.1, 0.15) is 23.8 Å². The summed E-state index contributed by atoms with van der Waals surface area (Å²) in [5, 5.41) is 5.45. The number of fused-ring (bicyclic) bond motifs is 8. The zero-order valence-electron chi connectivity index (χ0n) is 21.9. The summed E-state index contributed by atoms with van der Waals surface area (Å²) < 4.78 is 23.6.